The molecule has 4 rings (SSSR count). The smallest absolute Gasteiger partial charge is 0.224 e. The van der Waals surface area contributed by atoms with Gasteiger partial charge in [0.1, 0.15) is 18.0 Å². The second kappa shape index (κ2) is 11.3. The first-order valence-corrected chi connectivity index (χ1v) is 12.3. The molecule has 0 amide bonds. The molecule has 2 heterocycles. The van der Waals surface area contributed by atoms with Crippen molar-refractivity contribution in [1.82, 2.24) is 19.9 Å². The molecular weight excluding hydrogens is 386 g/mol. The van der Waals surface area contributed by atoms with Crippen molar-refractivity contribution in [1.29, 1.82) is 0 Å². The highest BCUT2D eigenvalue weighted by molar-refractivity contribution is 5.74. The van der Waals surface area contributed by atoms with Crippen molar-refractivity contribution in [3.8, 4) is 11.3 Å². The van der Waals surface area contributed by atoms with Gasteiger partial charge in [0, 0.05) is 30.9 Å². The lowest BCUT2D eigenvalue weighted by Crippen LogP contribution is -2.24. The maximum Gasteiger partial charge on any atom is 0.224 e. The summed E-state index contributed by atoms with van der Waals surface area (Å²) < 4.78 is 0. The van der Waals surface area contributed by atoms with Crippen LogP contribution < -0.4 is 16.0 Å². The minimum atomic E-state index is 0.465. The highest BCUT2D eigenvalue weighted by Crippen LogP contribution is 2.30. The predicted octanol–water partition coefficient (Wildman–Crippen LogP) is 5.63. The summed E-state index contributed by atoms with van der Waals surface area (Å²) in [6.07, 6.45) is 18.5. The van der Waals surface area contributed by atoms with Gasteiger partial charge in [-0.05, 0) is 32.1 Å². The van der Waals surface area contributed by atoms with Crippen LogP contribution in [0.25, 0.3) is 11.3 Å². The second-order valence-corrected chi connectivity index (χ2v) is 8.98. The van der Waals surface area contributed by atoms with Crippen LogP contribution in [-0.4, -0.2) is 38.6 Å². The summed E-state index contributed by atoms with van der Waals surface area (Å²) in [5.74, 6) is 2.46. The first kappa shape index (κ1) is 21.8. The molecule has 0 radical (unpaired) electrons. The molecule has 0 saturated heterocycles. The van der Waals surface area contributed by atoms with Crippen molar-refractivity contribution in [2.45, 2.75) is 96.1 Å². The monoisotopic (exact) mass is 423 g/mol. The maximum absolute atomic E-state index is 4.85. The van der Waals surface area contributed by atoms with Gasteiger partial charge in [-0.1, -0.05) is 51.9 Å². The van der Waals surface area contributed by atoms with Gasteiger partial charge in [-0.25, -0.2) is 15.0 Å². The molecule has 2 fully saturated rings. The Labute approximate surface area is 186 Å². The summed E-state index contributed by atoms with van der Waals surface area (Å²) in [5.41, 5.74) is 1.81. The van der Waals surface area contributed by atoms with Gasteiger partial charge in [0.05, 0.1) is 11.3 Å². The highest BCUT2D eigenvalue weighted by atomic mass is 15.1. The van der Waals surface area contributed by atoms with E-state index in [1.54, 1.807) is 6.33 Å². The SMILES string of the molecule is CCCCNc1ncc(-c2cc(NC3CCCCC3)ncn2)c(NC2CCCCC2)n1. The number of hydrogen-bond donors (Lipinski definition) is 3. The van der Waals surface area contributed by atoms with Crippen LogP contribution in [0, 0.1) is 0 Å². The van der Waals surface area contributed by atoms with E-state index in [0.29, 0.717) is 18.0 Å². The Morgan fingerprint density at radius 3 is 2.29 bits per heavy atom. The number of nitrogens with one attached hydrogen (secondary N) is 3. The summed E-state index contributed by atoms with van der Waals surface area (Å²) in [4.78, 5) is 18.5. The molecule has 0 aromatic carbocycles. The molecule has 2 aromatic rings. The summed E-state index contributed by atoms with van der Waals surface area (Å²) in [6, 6.07) is 3.02. The van der Waals surface area contributed by atoms with Crippen molar-refractivity contribution in [2.24, 2.45) is 0 Å². The van der Waals surface area contributed by atoms with Crippen molar-refractivity contribution in [3.63, 3.8) is 0 Å². The van der Waals surface area contributed by atoms with Crippen molar-refractivity contribution >= 4 is 17.6 Å². The van der Waals surface area contributed by atoms with Crippen LogP contribution >= 0.6 is 0 Å². The topological polar surface area (TPSA) is 87.7 Å². The third kappa shape index (κ3) is 6.28. The van der Waals surface area contributed by atoms with E-state index in [2.05, 4.69) is 37.8 Å². The van der Waals surface area contributed by atoms with E-state index in [1.165, 1.54) is 64.2 Å². The molecule has 168 valence electrons. The molecule has 31 heavy (non-hydrogen) atoms. The molecule has 2 aliphatic rings. The summed E-state index contributed by atoms with van der Waals surface area (Å²) in [7, 11) is 0. The van der Waals surface area contributed by atoms with Crippen molar-refractivity contribution in [3.05, 3.63) is 18.6 Å². The molecule has 0 aliphatic heterocycles. The molecule has 3 N–H and O–H groups in total. The molecule has 7 nitrogen and oxygen atoms in total. The Bertz CT molecular complexity index is 813. The Morgan fingerprint density at radius 2 is 1.58 bits per heavy atom. The van der Waals surface area contributed by atoms with E-state index in [1.807, 2.05) is 12.3 Å². The number of unbranched alkanes of at least 4 members (excludes halogenated alkanes) is 1. The maximum atomic E-state index is 4.85. The van der Waals surface area contributed by atoms with Crippen molar-refractivity contribution in [2.75, 3.05) is 22.5 Å². The molecule has 2 saturated carbocycles. The Balaban J connectivity index is 1.55. The van der Waals surface area contributed by atoms with Crippen molar-refractivity contribution < 1.29 is 0 Å². The summed E-state index contributed by atoms with van der Waals surface area (Å²) in [5, 5.41) is 10.7. The Hall–Kier alpha value is -2.44. The van der Waals surface area contributed by atoms with Gasteiger partial charge in [0.2, 0.25) is 5.95 Å². The largest absolute Gasteiger partial charge is 0.367 e. The first-order valence-electron chi connectivity index (χ1n) is 12.3. The van der Waals surface area contributed by atoms with E-state index in [-0.39, 0.29) is 0 Å². The van der Waals surface area contributed by atoms with Crippen LogP contribution in [0.2, 0.25) is 0 Å². The summed E-state index contributed by atoms with van der Waals surface area (Å²) in [6.45, 7) is 3.08. The zero-order valence-electron chi connectivity index (χ0n) is 18.9. The van der Waals surface area contributed by atoms with Gasteiger partial charge >= 0.3 is 0 Å². The third-order valence-corrected chi connectivity index (χ3v) is 6.45. The van der Waals surface area contributed by atoms with Gasteiger partial charge in [-0.2, -0.15) is 4.98 Å². The quantitative estimate of drug-likeness (QED) is 0.450. The van der Waals surface area contributed by atoms with Crippen LogP contribution in [0.4, 0.5) is 17.6 Å². The van der Waals surface area contributed by atoms with Gasteiger partial charge in [0.25, 0.3) is 0 Å². The van der Waals surface area contributed by atoms with Gasteiger partial charge in [0.15, 0.2) is 0 Å². The Kier molecular flexibility index (Phi) is 7.91. The number of aromatic nitrogens is 4. The third-order valence-electron chi connectivity index (χ3n) is 6.45. The fourth-order valence-electron chi connectivity index (χ4n) is 4.62. The zero-order chi connectivity index (χ0) is 21.3. The highest BCUT2D eigenvalue weighted by Gasteiger charge is 2.19. The predicted molar refractivity (Wildman–Crippen MR) is 127 cm³/mol. The van der Waals surface area contributed by atoms with E-state index < -0.39 is 0 Å². The molecular formula is C24H37N7. The van der Waals surface area contributed by atoms with Crippen LogP contribution in [0.3, 0.4) is 0 Å². The molecule has 0 spiro atoms. The number of anilines is 3. The van der Waals surface area contributed by atoms with Crippen LogP contribution in [0.5, 0.6) is 0 Å². The molecule has 2 aliphatic carbocycles. The second-order valence-electron chi connectivity index (χ2n) is 8.98. The minimum Gasteiger partial charge on any atom is -0.367 e. The van der Waals surface area contributed by atoms with Crippen LogP contribution in [0.15, 0.2) is 18.6 Å². The van der Waals surface area contributed by atoms with Crippen LogP contribution in [0.1, 0.15) is 84.0 Å². The summed E-state index contributed by atoms with van der Waals surface area (Å²) >= 11 is 0. The normalized spacial score (nSPS) is 18.0. The van der Waals surface area contributed by atoms with Gasteiger partial charge in [-0.15, -0.1) is 0 Å². The van der Waals surface area contributed by atoms with Crippen LogP contribution in [-0.2, 0) is 0 Å². The average Bonchev–Trinajstić information content (AvgIpc) is 2.81. The van der Waals surface area contributed by atoms with E-state index in [9.17, 15) is 0 Å². The number of nitrogens with zero attached hydrogens (tertiary/aromatic N) is 4. The molecule has 0 bridgehead atoms. The molecule has 0 atom stereocenters. The average molecular weight is 424 g/mol. The minimum absolute atomic E-state index is 0.465. The fraction of sp³-hybridized carbons (Fsp3) is 0.667. The lowest BCUT2D eigenvalue weighted by atomic mass is 9.95. The lowest BCUT2D eigenvalue weighted by Gasteiger charge is -2.25. The fourth-order valence-corrected chi connectivity index (χ4v) is 4.62. The van der Waals surface area contributed by atoms with Gasteiger partial charge in [-0.3, -0.25) is 0 Å². The molecule has 0 unspecified atom stereocenters. The Morgan fingerprint density at radius 1 is 0.871 bits per heavy atom. The molecule has 2 aromatic heterocycles. The number of rotatable bonds is 9. The van der Waals surface area contributed by atoms with E-state index >= 15 is 0 Å². The lowest BCUT2D eigenvalue weighted by molar-refractivity contribution is 0.461. The molecule has 7 heteroatoms. The zero-order valence-corrected chi connectivity index (χ0v) is 18.9. The van der Waals surface area contributed by atoms with E-state index in [4.69, 9.17) is 4.98 Å². The number of hydrogen-bond acceptors (Lipinski definition) is 7. The van der Waals surface area contributed by atoms with Gasteiger partial charge < -0.3 is 16.0 Å². The standard InChI is InChI=1S/C24H37N7/c1-2-3-14-25-24-26-16-20(23(31-24)30-19-12-8-5-9-13-19)21-15-22(28-17-27-21)29-18-10-6-4-7-11-18/h15-19H,2-14H2,1H3,(H,27,28,29)(H2,25,26,30,31). The van der Waals surface area contributed by atoms with E-state index in [0.717, 1.165) is 42.3 Å². The first-order chi connectivity index (χ1) is 15.3.